The van der Waals surface area contributed by atoms with Gasteiger partial charge in [-0.1, -0.05) is 0 Å². The lowest BCUT2D eigenvalue weighted by molar-refractivity contribution is 0.753. The smallest absolute Gasteiger partial charge is 0.183 e. The number of hydrogen-bond acceptors (Lipinski definition) is 2. The van der Waals surface area contributed by atoms with Gasteiger partial charge < -0.3 is 10.3 Å². The van der Waals surface area contributed by atoms with E-state index in [1.807, 2.05) is 4.57 Å². The fraction of sp³-hybridized carbons (Fsp3) is 0.375. The van der Waals surface area contributed by atoms with E-state index in [1.165, 1.54) is 6.07 Å². The first-order valence-corrected chi connectivity index (χ1v) is 3.76. The summed E-state index contributed by atoms with van der Waals surface area (Å²) >= 11 is 0. The highest BCUT2D eigenvalue weighted by Crippen LogP contribution is 2.15. The Hall–Kier alpha value is -0.960. The number of pyridine rings is 1. The summed E-state index contributed by atoms with van der Waals surface area (Å²) in [6.45, 7) is 0.960. The second kappa shape index (κ2) is 3.19. The molecule has 0 aliphatic carbocycles. The molecule has 0 saturated carbocycles. The number of aryl methyl sites for hydroxylation is 1. The molecular formula is C8H11ClN2O. The Bertz CT molecular complexity index is 345. The molecule has 0 radical (unpaired) electrons. The van der Waals surface area contributed by atoms with Gasteiger partial charge in [-0.15, -0.1) is 12.4 Å². The summed E-state index contributed by atoms with van der Waals surface area (Å²) < 4.78 is 2.00. The van der Waals surface area contributed by atoms with Crippen molar-refractivity contribution in [2.45, 2.75) is 19.4 Å². The molecule has 2 heterocycles. The molecule has 2 N–H and O–H groups in total. The average Bonchev–Trinajstić information content (AvgIpc) is 2.34. The molecule has 1 aliphatic heterocycles. The van der Waals surface area contributed by atoms with Crippen LogP contribution < -0.4 is 11.2 Å². The number of hydrogen-bond donors (Lipinski definition) is 1. The van der Waals surface area contributed by atoms with Crippen LogP contribution in [0.25, 0.3) is 0 Å². The molecule has 0 aromatic carbocycles. The van der Waals surface area contributed by atoms with Gasteiger partial charge in [0.1, 0.15) is 5.82 Å². The minimum Gasteiger partial charge on any atom is -0.385 e. The van der Waals surface area contributed by atoms with Gasteiger partial charge in [-0.2, -0.15) is 0 Å². The SMILES string of the molecule is Cl.Nc1cc(=O)cc2n1CCC2. The van der Waals surface area contributed by atoms with Crippen molar-refractivity contribution >= 4 is 18.2 Å². The third kappa shape index (κ3) is 1.32. The maximum atomic E-state index is 11.0. The van der Waals surface area contributed by atoms with Crippen LogP contribution in [0, 0.1) is 0 Å². The maximum Gasteiger partial charge on any atom is 0.183 e. The van der Waals surface area contributed by atoms with Gasteiger partial charge in [-0.05, 0) is 12.8 Å². The molecule has 0 unspecified atom stereocenters. The minimum absolute atomic E-state index is 0. The van der Waals surface area contributed by atoms with E-state index < -0.39 is 0 Å². The zero-order valence-electron chi connectivity index (χ0n) is 6.62. The van der Waals surface area contributed by atoms with E-state index >= 15 is 0 Å². The second-order valence-corrected chi connectivity index (χ2v) is 2.86. The minimum atomic E-state index is 0. The summed E-state index contributed by atoms with van der Waals surface area (Å²) in [6.07, 6.45) is 2.09. The number of nitrogens with zero attached hydrogens (tertiary/aromatic N) is 1. The highest BCUT2D eigenvalue weighted by molar-refractivity contribution is 5.85. The summed E-state index contributed by atoms with van der Waals surface area (Å²) in [7, 11) is 0. The van der Waals surface area contributed by atoms with Crippen LogP contribution in [-0.4, -0.2) is 4.57 Å². The van der Waals surface area contributed by atoms with Crippen molar-refractivity contribution in [3.63, 3.8) is 0 Å². The normalized spacial score (nSPS) is 13.7. The summed E-state index contributed by atoms with van der Waals surface area (Å²) in [5.41, 5.74) is 6.74. The van der Waals surface area contributed by atoms with E-state index in [0.29, 0.717) is 5.82 Å². The molecule has 0 fully saturated rings. The predicted molar refractivity (Wildman–Crippen MR) is 50.7 cm³/mol. The fourth-order valence-corrected chi connectivity index (χ4v) is 1.57. The van der Waals surface area contributed by atoms with Crippen molar-refractivity contribution < 1.29 is 0 Å². The van der Waals surface area contributed by atoms with Crippen LogP contribution in [0.15, 0.2) is 16.9 Å². The molecule has 0 bridgehead atoms. The number of halogens is 1. The first-order chi connectivity index (χ1) is 5.27. The number of aromatic nitrogens is 1. The van der Waals surface area contributed by atoms with E-state index in [9.17, 15) is 4.79 Å². The molecule has 3 nitrogen and oxygen atoms in total. The average molecular weight is 187 g/mol. The van der Waals surface area contributed by atoms with Crippen molar-refractivity contribution in [1.82, 2.24) is 4.57 Å². The summed E-state index contributed by atoms with van der Waals surface area (Å²) in [5.74, 6) is 0.602. The fourth-order valence-electron chi connectivity index (χ4n) is 1.57. The molecular weight excluding hydrogens is 176 g/mol. The largest absolute Gasteiger partial charge is 0.385 e. The van der Waals surface area contributed by atoms with Gasteiger partial charge in [-0.3, -0.25) is 4.79 Å². The Balaban J connectivity index is 0.000000720. The summed E-state index contributed by atoms with van der Waals surface area (Å²) in [6, 6.07) is 3.15. The first kappa shape index (κ1) is 9.13. The van der Waals surface area contributed by atoms with Crippen molar-refractivity contribution in [2.24, 2.45) is 0 Å². The molecule has 1 aliphatic rings. The van der Waals surface area contributed by atoms with Gasteiger partial charge >= 0.3 is 0 Å². The Kier molecular flexibility index (Phi) is 2.43. The van der Waals surface area contributed by atoms with Crippen LogP contribution in [0.2, 0.25) is 0 Å². The van der Waals surface area contributed by atoms with Crippen molar-refractivity contribution in [3.05, 3.63) is 28.0 Å². The Morgan fingerprint density at radius 1 is 1.42 bits per heavy atom. The van der Waals surface area contributed by atoms with Gasteiger partial charge in [0, 0.05) is 24.4 Å². The summed E-state index contributed by atoms with van der Waals surface area (Å²) in [4.78, 5) is 11.0. The Morgan fingerprint density at radius 2 is 2.17 bits per heavy atom. The van der Waals surface area contributed by atoms with Crippen LogP contribution in [-0.2, 0) is 13.0 Å². The van der Waals surface area contributed by atoms with E-state index in [0.717, 1.165) is 25.1 Å². The molecule has 4 heteroatoms. The highest BCUT2D eigenvalue weighted by Gasteiger charge is 2.10. The lowest BCUT2D eigenvalue weighted by atomic mass is 10.3. The van der Waals surface area contributed by atoms with Crippen LogP contribution in [0.4, 0.5) is 5.82 Å². The van der Waals surface area contributed by atoms with Crippen LogP contribution in [0.3, 0.4) is 0 Å². The van der Waals surface area contributed by atoms with E-state index in [1.54, 1.807) is 6.07 Å². The predicted octanol–water partition coefficient (Wildman–Crippen LogP) is 0.799. The van der Waals surface area contributed by atoms with Gasteiger partial charge in [0.25, 0.3) is 0 Å². The standard InChI is InChI=1S/C8H10N2O.ClH/c9-8-5-7(11)4-6-2-1-3-10(6)8;/h4-5H,1-3,9H2;1H. The molecule has 12 heavy (non-hydrogen) atoms. The van der Waals surface area contributed by atoms with Gasteiger partial charge in [0.15, 0.2) is 5.43 Å². The monoisotopic (exact) mass is 186 g/mol. The molecule has 2 rings (SSSR count). The molecule has 0 amide bonds. The lowest BCUT2D eigenvalue weighted by Gasteiger charge is -2.05. The molecule has 1 aromatic rings. The molecule has 66 valence electrons. The topological polar surface area (TPSA) is 48.0 Å². The zero-order valence-corrected chi connectivity index (χ0v) is 7.43. The lowest BCUT2D eigenvalue weighted by Crippen LogP contribution is -2.10. The van der Waals surface area contributed by atoms with Crippen LogP contribution >= 0.6 is 12.4 Å². The van der Waals surface area contributed by atoms with Crippen LogP contribution in [0.1, 0.15) is 12.1 Å². The van der Waals surface area contributed by atoms with Gasteiger partial charge in [0.05, 0.1) is 0 Å². The number of anilines is 1. The highest BCUT2D eigenvalue weighted by atomic mass is 35.5. The number of rotatable bonds is 0. The summed E-state index contributed by atoms with van der Waals surface area (Å²) in [5, 5.41) is 0. The number of nitrogen functional groups attached to an aromatic ring is 1. The third-order valence-electron chi connectivity index (χ3n) is 2.07. The van der Waals surface area contributed by atoms with Gasteiger partial charge in [-0.25, -0.2) is 0 Å². The van der Waals surface area contributed by atoms with Crippen molar-refractivity contribution in [1.29, 1.82) is 0 Å². The Labute approximate surface area is 76.6 Å². The van der Waals surface area contributed by atoms with Crippen LogP contribution in [0.5, 0.6) is 0 Å². The van der Waals surface area contributed by atoms with E-state index in [-0.39, 0.29) is 17.8 Å². The molecule has 1 aromatic heterocycles. The second-order valence-electron chi connectivity index (χ2n) is 2.86. The van der Waals surface area contributed by atoms with E-state index in [4.69, 9.17) is 5.73 Å². The molecule has 0 saturated heterocycles. The quantitative estimate of drug-likeness (QED) is 0.652. The third-order valence-corrected chi connectivity index (χ3v) is 2.07. The van der Waals surface area contributed by atoms with Crippen molar-refractivity contribution in [3.8, 4) is 0 Å². The Morgan fingerprint density at radius 3 is 2.92 bits per heavy atom. The molecule has 0 spiro atoms. The van der Waals surface area contributed by atoms with Gasteiger partial charge in [0.2, 0.25) is 0 Å². The first-order valence-electron chi connectivity index (χ1n) is 3.76. The van der Waals surface area contributed by atoms with Crippen molar-refractivity contribution in [2.75, 3.05) is 5.73 Å². The van der Waals surface area contributed by atoms with E-state index in [2.05, 4.69) is 0 Å². The zero-order chi connectivity index (χ0) is 7.84. The molecule has 0 atom stereocenters. The maximum absolute atomic E-state index is 11.0. The number of nitrogens with two attached hydrogens (primary N) is 1. The number of fused-ring (bicyclic) bond motifs is 1.